The van der Waals surface area contributed by atoms with Gasteiger partial charge in [0.2, 0.25) is 0 Å². The van der Waals surface area contributed by atoms with Crippen molar-refractivity contribution in [2.45, 2.75) is 5.54 Å². The number of ether oxygens (including phenoxy) is 1. The summed E-state index contributed by atoms with van der Waals surface area (Å²) in [6.45, 7) is 1.18. The van der Waals surface area contributed by atoms with Crippen LogP contribution in [0.1, 0.15) is 5.56 Å². The predicted octanol–water partition coefficient (Wildman–Crippen LogP) is 0.592. The normalized spacial score (nSPS) is 18.8. The van der Waals surface area contributed by atoms with E-state index in [-0.39, 0.29) is 5.82 Å². The van der Waals surface area contributed by atoms with Crippen molar-refractivity contribution in [2.75, 3.05) is 20.2 Å². The molecule has 0 radical (unpaired) electrons. The van der Waals surface area contributed by atoms with Gasteiger partial charge in [0, 0.05) is 13.1 Å². The van der Waals surface area contributed by atoms with Gasteiger partial charge in [0.15, 0.2) is 0 Å². The number of hydrogen-bond donors (Lipinski definition) is 2. The number of rotatable bonds is 2. The van der Waals surface area contributed by atoms with E-state index in [0.717, 1.165) is 0 Å². The van der Waals surface area contributed by atoms with Gasteiger partial charge in [-0.05, 0) is 12.1 Å². The van der Waals surface area contributed by atoms with Crippen LogP contribution in [0.2, 0.25) is 0 Å². The lowest BCUT2D eigenvalue weighted by atomic mass is 9.84. The number of nitrogens with two attached hydrogens (primary N) is 1. The van der Waals surface area contributed by atoms with Crippen LogP contribution in [0.15, 0.2) is 18.2 Å². The monoisotopic (exact) mass is 196 g/mol. The van der Waals surface area contributed by atoms with E-state index in [4.69, 9.17) is 10.5 Å². The van der Waals surface area contributed by atoms with Crippen molar-refractivity contribution >= 4 is 0 Å². The van der Waals surface area contributed by atoms with Crippen LogP contribution in [0, 0.1) is 5.82 Å². The largest absolute Gasteiger partial charge is 0.496 e. The lowest BCUT2D eigenvalue weighted by Crippen LogP contribution is -2.63. The van der Waals surface area contributed by atoms with E-state index in [2.05, 4.69) is 5.32 Å². The number of hydrogen-bond acceptors (Lipinski definition) is 3. The van der Waals surface area contributed by atoms with Crippen molar-refractivity contribution in [3.05, 3.63) is 29.6 Å². The molecular weight excluding hydrogens is 183 g/mol. The maximum atomic E-state index is 13.6. The van der Waals surface area contributed by atoms with Crippen LogP contribution in [0.25, 0.3) is 0 Å². The van der Waals surface area contributed by atoms with Gasteiger partial charge < -0.3 is 15.8 Å². The van der Waals surface area contributed by atoms with Gasteiger partial charge in [-0.15, -0.1) is 0 Å². The van der Waals surface area contributed by atoms with Crippen LogP contribution in [0.4, 0.5) is 4.39 Å². The fourth-order valence-electron chi connectivity index (χ4n) is 1.73. The van der Waals surface area contributed by atoms with Crippen molar-refractivity contribution < 1.29 is 9.13 Å². The van der Waals surface area contributed by atoms with Crippen molar-refractivity contribution in [1.82, 2.24) is 5.32 Å². The minimum Gasteiger partial charge on any atom is -0.496 e. The number of methoxy groups -OCH3 is 1. The smallest absolute Gasteiger partial charge is 0.132 e. The molecule has 1 aromatic rings. The Bertz CT molecular complexity index is 350. The van der Waals surface area contributed by atoms with E-state index >= 15 is 0 Å². The molecule has 0 bridgehead atoms. The lowest BCUT2D eigenvalue weighted by molar-refractivity contribution is 0.264. The van der Waals surface area contributed by atoms with Crippen LogP contribution in [0.5, 0.6) is 5.75 Å². The third-order valence-corrected chi connectivity index (χ3v) is 2.57. The third-order valence-electron chi connectivity index (χ3n) is 2.57. The highest BCUT2D eigenvalue weighted by molar-refractivity contribution is 5.42. The first kappa shape index (κ1) is 9.43. The number of nitrogens with one attached hydrogen (secondary N) is 1. The van der Waals surface area contributed by atoms with Crippen molar-refractivity contribution in [3.8, 4) is 5.75 Å². The summed E-state index contributed by atoms with van der Waals surface area (Å²) in [5.41, 5.74) is 5.88. The standard InChI is InChI=1S/C10H13FN2O/c1-14-8-4-2-3-7(11)9(8)10(12)5-13-6-10/h2-4,13H,5-6,12H2,1H3. The van der Waals surface area contributed by atoms with E-state index in [0.29, 0.717) is 24.4 Å². The molecule has 1 aliphatic rings. The Labute approximate surface area is 82.1 Å². The summed E-state index contributed by atoms with van der Waals surface area (Å²) in [5.74, 6) is 0.224. The first-order chi connectivity index (χ1) is 6.67. The van der Waals surface area contributed by atoms with Crippen LogP contribution in [-0.2, 0) is 5.54 Å². The second-order valence-corrected chi connectivity index (χ2v) is 3.58. The Morgan fingerprint density at radius 3 is 2.71 bits per heavy atom. The third kappa shape index (κ3) is 1.27. The van der Waals surface area contributed by atoms with E-state index in [1.807, 2.05) is 0 Å². The Morgan fingerprint density at radius 1 is 1.50 bits per heavy atom. The van der Waals surface area contributed by atoms with Crippen LogP contribution in [-0.4, -0.2) is 20.2 Å². The van der Waals surface area contributed by atoms with E-state index in [1.54, 1.807) is 12.1 Å². The molecule has 3 N–H and O–H groups in total. The van der Waals surface area contributed by atoms with Gasteiger partial charge in [-0.3, -0.25) is 0 Å². The maximum Gasteiger partial charge on any atom is 0.132 e. The van der Waals surface area contributed by atoms with Crippen LogP contribution in [0.3, 0.4) is 0 Å². The number of benzene rings is 1. The maximum absolute atomic E-state index is 13.6. The molecule has 2 rings (SSSR count). The predicted molar refractivity (Wildman–Crippen MR) is 51.7 cm³/mol. The van der Waals surface area contributed by atoms with Gasteiger partial charge in [-0.2, -0.15) is 0 Å². The summed E-state index contributed by atoms with van der Waals surface area (Å²) in [5, 5.41) is 3.03. The lowest BCUT2D eigenvalue weighted by Gasteiger charge is -2.40. The average Bonchev–Trinajstić information content (AvgIpc) is 2.14. The zero-order valence-electron chi connectivity index (χ0n) is 8.01. The molecule has 0 amide bonds. The van der Waals surface area contributed by atoms with Gasteiger partial charge in [0.05, 0.1) is 18.2 Å². The molecule has 1 saturated heterocycles. The molecule has 0 aromatic heterocycles. The Hall–Kier alpha value is -1.13. The Kier molecular flexibility index (Phi) is 2.17. The number of halogens is 1. The Balaban J connectivity index is 2.49. The zero-order chi connectivity index (χ0) is 10.2. The SMILES string of the molecule is COc1cccc(F)c1C1(N)CNC1. The quantitative estimate of drug-likeness (QED) is 0.727. The molecule has 3 nitrogen and oxygen atoms in total. The molecule has 1 heterocycles. The molecule has 1 fully saturated rings. The van der Waals surface area contributed by atoms with Crippen molar-refractivity contribution in [1.29, 1.82) is 0 Å². The summed E-state index contributed by atoms with van der Waals surface area (Å²) in [4.78, 5) is 0. The van der Waals surface area contributed by atoms with Crippen molar-refractivity contribution in [3.63, 3.8) is 0 Å². The molecule has 0 atom stereocenters. The van der Waals surface area contributed by atoms with Crippen molar-refractivity contribution in [2.24, 2.45) is 5.73 Å². The van der Waals surface area contributed by atoms with Gasteiger partial charge in [-0.1, -0.05) is 6.07 Å². The second-order valence-electron chi connectivity index (χ2n) is 3.58. The highest BCUT2D eigenvalue weighted by atomic mass is 19.1. The summed E-state index contributed by atoms with van der Waals surface area (Å²) in [6, 6.07) is 4.75. The van der Waals surface area contributed by atoms with E-state index in [9.17, 15) is 4.39 Å². The van der Waals surface area contributed by atoms with Gasteiger partial charge >= 0.3 is 0 Å². The fourth-order valence-corrected chi connectivity index (χ4v) is 1.73. The fraction of sp³-hybridized carbons (Fsp3) is 0.400. The molecule has 14 heavy (non-hydrogen) atoms. The van der Waals surface area contributed by atoms with Crippen LogP contribution >= 0.6 is 0 Å². The highest BCUT2D eigenvalue weighted by Gasteiger charge is 2.38. The highest BCUT2D eigenvalue weighted by Crippen LogP contribution is 2.32. The first-order valence-corrected chi connectivity index (χ1v) is 4.50. The summed E-state index contributed by atoms with van der Waals surface area (Å²) in [6.07, 6.45) is 0. The summed E-state index contributed by atoms with van der Waals surface area (Å²) >= 11 is 0. The molecular formula is C10H13FN2O. The summed E-state index contributed by atoms with van der Waals surface area (Å²) in [7, 11) is 1.52. The topological polar surface area (TPSA) is 47.3 Å². The second kappa shape index (κ2) is 3.22. The minimum absolute atomic E-state index is 0.298. The minimum atomic E-state index is -0.614. The zero-order valence-corrected chi connectivity index (χ0v) is 8.01. The molecule has 0 unspecified atom stereocenters. The van der Waals surface area contributed by atoms with E-state index in [1.165, 1.54) is 13.2 Å². The molecule has 4 heteroatoms. The molecule has 1 aliphatic heterocycles. The van der Waals surface area contributed by atoms with Gasteiger partial charge in [-0.25, -0.2) is 4.39 Å². The van der Waals surface area contributed by atoms with Gasteiger partial charge in [0.1, 0.15) is 11.6 Å². The molecule has 0 spiro atoms. The first-order valence-electron chi connectivity index (χ1n) is 4.50. The van der Waals surface area contributed by atoms with Gasteiger partial charge in [0.25, 0.3) is 0 Å². The molecule has 1 aromatic carbocycles. The molecule has 0 saturated carbocycles. The average molecular weight is 196 g/mol. The molecule has 76 valence electrons. The van der Waals surface area contributed by atoms with Crippen LogP contribution < -0.4 is 15.8 Å². The summed E-state index contributed by atoms with van der Waals surface area (Å²) < 4.78 is 18.7. The Morgan fingerprint density at radius 2 is 2.21 bits per heavy atom. The van der Waals surface area contributed by atoms with E-state index < -0.39 is 5.54 Å². The molecule has 0 aliphatic carbocycles.